The van der Waals surface area contributed by atoms with Crippen LogP contribution in [0.2, 0.25) is 0 Å². The van der Waals surface area contributed by atoms with Crippen molar-refractivity contribution >= 4 is 0 Å². The Morgan fingerprint density at radius 3 is 2.18 bits per heavy atom. The zero-order valence-corrected chi connectivity index (χ0v) is 11.7. The van der Waals surface area contributed by atoms with E-state index in [1.54, 1.807) is 0 Å². The van der Waals surface area contributed by atoms with Gasteiger partial charge in [-0.25, -0.2) is 0 Å². The van der Waals surface area contributed by atoms with Gasteiger partial charge in [0.1, 0.15) is 0 Å². The molecule has 0 aromatic heterocycles. The van der Waals surface area contributed by atoms with Crippen molar-refractivity contribution in [3.05, 3.63) is 34.4 Å². The smallest absolute Gasteiger partial charge is 0.0945 e. The molecule has 0 fully saturated rings. The molecule has 0 spiro atoms. The number of aliphatic hydroxyl groups excluding tert-OH is 1. The highest BCUT2D eigenvalue weighted by Gasteiger charge is 2.19. The fraction of sp³-hybridized carbons (Fsp3) is 0.600. The summed E-state index contributed by atoms with van der Waals surface area (Å²) in [6, 6.07) is 4.37. The summed E-state index contributed by atoms with van der Waals surface area (Å²) < 4.78 is 0. The van der Waals surface area contributed by atoms with Gasteiger partial charge in [0.25, 0.3) is 0 Å². The molecular weight excluding hydrogens is 210 g/mol. The summed E-state index contributed by atoms with van der Waals surface area (Å²) >= 11 is 0. The molecule has 1 aromatic rings. The maximum absolute atomic E-state index is 10.4. The molecule has 0 heterocycles. The lowest BCUT2D eigenvalue weighted by Gasteiger charge is -2.24. The van der Waals surface area contributed by atoms with Gasteiger partial charge in [-0.2, -0.15) is 0 Å². The first-order chi connectivity index (χ1) is 7.97. The van der Waals surface area contributed by atoms with Gasteiger partial charge >= 0.3 is 0 Å². The van der Waals surface area contributed by atoms with Gasteiger partial charge in [-0.1, -0.05) is 24.6 Å². The monoisotopic (exact) mass is 235 g/mol. The maximum Gasteiger partial charge on any atom is 0.0945 e. The Morgan fingerprint density at radius 2 is 1.71 bits per heavy atom. The van der Waals surface area contributed by atoms with E-state index in [9.17, 15) is 5.11 Å². The number of aliphatic hydroxyl groups is 1. The van der Waals surface area contributed by atoms with Crippen LogP contribution in [0.1, 0.15) is 48.6 Å². The molecule has 0 aliphatic rings. The number of benzene rings is 1. The normalized spacial score (nSPS) is 14.7. The summed E-state index contributed by atoms with van der Waals surface area (Å²) in [4.78, 5) is 0. The first-order valence-electron chi connectivity index (χ1n) is 6.46. The van der Waals surface area contributed by atoms with Gasteiger partial charge in [-0.3, -0.25) is 0 Å². The van der Waals surface area contributed by atoms with Crippen LogP contribution in [0.3, 0.4) is 0 Å². The largest absolute Gasteiger partial charge is 0.387 e. The molecule has 0 saturated carbocycles. The van der Waals surface area contributed by atoms with Gasteiger partial charge in [-0.05, 0) is 57.4 Å². The topological polar surface area (TPSA) is 32.3 Å². The predicted octanol–water partition coefficient (Wildman–Crippen LogP) is 3.03. The van der Waals surface area contributed by atoms with Gasteiger partial charge in [0.2, 0.25) is 0 Å². The van der Waals surface area contributed by atoms with E-state index >= 15 is 0 Å². The Labute approximate surface area is 105 Å². The van der Waals surface area contributed by atoms with E-state index in [1.165, 1.54) is 16.7 Å². The van der Waals surface area contributed by atoms with Crippen LogP contribution in [0.15, 0.2) is 12.1 Å². The van der Waals surface area contributed by atoms with Crippen LogP contribution in [-0.2, 0) is 0 Å². The van der Waals surface area contributed by atoms with Gasteiger partial charge in [0.05, 0.1) is 6.10 Å². The number of rotatable bonds is 5. The molecule has 2 unspecified atom stereocenters. The van der Waals surface area contributed by atoms with Crippen molar-refractivity contribution in [2.24, 2.45) is 0 Å². The Balaban J connectivity index is 2.91. The Morgan fingerprint density at radius 1 is 1.18 bits per heavy atom. The summed E-state index contributed by atoms with van der Waals surface area (Å²) in [5, 5.41) is 13.8. The van der Waals surface area contributed by atoms with Crippen LogP contribution in [-0.4, -0.2) is 17.7 Å². The Kier molecular flexibility index (Phi) is 5.16. The number of hydrogen-bond acceptors (Lipinski definition) is 2. The first kappa shape index (κ1) is 14.2. The van der Waals surface area contributed by atoms with Crippen molar-refractivity contribution < 1.29 is 5.11 Å². The van der Waals surface area contributed by atoms with Crippen molar-refractivity contribution in [1.29, 1.82) is 0 Å². The van der Waals surface area contributed by atoms with E-state index in [-0.39, 0.29) is 6.04 Å². The van der Waals surface area contributed by atoms with E-state index in [1.807, 2.05) is 6.92 Å². The van der Waals surface area contributed by atoms with Gasteiger partial charge in [-0.15, -0.1) is 0 Å². The lowest BCUT2D eigenvalue weighted by Crippen LogP contribution is -2.33. The molecule has 0 aliphatic carbocycles. The summed E-state index contributed by atoms with van der Waals surface area (Å²) in [6.07, 6.45) is 0.658. The Hall–Kier alpha value is -0.860. The summed E-state index contributed by atoms with van der Waals surface area (Å²) in [7, 11) is 0. The third-order valence-electron chi connectivity index (χ3n) is 3.22. The number of hydrogen-bond donors (Lipinski definition) is 2. The fourth-order valence-electron chi connectivity index (χ4n) is 2.39. The van der Waals surface area contributed by atoms with Crippen LogP contribution in [0.5, 0.6) is 0 Å². The number of aryl methyl sites for hydroxylation is 3. The molecule has 0 saturated heterocycles. The van der Waals surface area contributed by atoms with Gasteiger partial charge in [0, 0.05) is 6.04 Å². The lowest BCUT2D eigenvalue weighted by atomic mass is 9.92. The minimum atomic E-state index is -0.429. The van der Waals surface area contributed by atoms with Crippen LogP contribution in [0, 0.1) is 20.8 Å². The molecule has 1 rings (SSSR count). The van der Waals surface area contributed by atoms with Crippen molar-refractivity contribution in [2.45, 2.75) is 53.2 Å². The van der Waals surface area contributed by atoms with Crippen LogP contribution in [0.4, 0.5) is 0 Å². The highest BCUT2D eigenvalue weighted by atomic mass is 16.3. The fourth-order valence-corrected chi connectivity index (χ4v) is 2.39. The lowest BCUT2D eigenvalue weighted by molar-refractivity contribution is 0.135. The zero-order valence-electron chi connectivity index (χ0n) is 11.7. The van der Waals surface area contributed by atoms with E-state index < -0.39 is 6.10 Å². The Bertz CT molecular complexity index is 350. The third kappa shape index (κ3) is 3.55. The molecule has 0 bridgehead atoms. The van der Waals surface area contributed by atoms with Gasteiger partial charge < -0.3 is 10.4 Å². The average Bonchev–Trinajstić information content (AvgIpc) is 2.24. The van der Waals surface area contributed by atoms with Crippen LogP contribution < -0.4 is 5.32 Å². The standard InChI is InChI=1S/C15H25NO/c1-6-7-16-13(5)15(17)14-11(3)8-10(2)9-12(14)4/h8-9,13,15-17H,6-7H2,1-5H3. The molecule has 2 atom stereocenters. The average molecular weight is 235 g/mol. The molecule has 2 nitrogen and oxygen atoms in total. The van der Waals surface area contributed by atoms with E-state index in [4.69, 9.17) is 0 Å². The molecule has 0 amide bonds. The minimum Gasteiger partial charge on any atom is -0.387 e. The van der Waals surface area contributed by atoms with Crippen molar-refractivity contribution in [3.63, 3.8) is 0 Å². The highest BCUT2D eigenvalue weighted by molar-refractivity contribution is 5.39. The molecule has 2 N–H and O–H groups in total. The van der Waals surface area contributed by atoms with Crippen molar-refractivity contribution in [2.75, 3.05) is 6.54 Å². The van der Waals surface area contributed by atoms with Crippen LogP contribution in [0.25, 0.3) is 0 Å². The van der Waals surface area contributed by atoms with E-state index in [0.29, 0.717) is 0 Å². The summed E-state index contributed by atoms with van der Waals surface area (Å²) in [5.74, 6) is 0. The molecule has 2 heteroatoms. The molecular formula is C15H25NO. The molecule has 96 valence electrons. The second-order valence-corrected chi connectivity index (χ2v) is 5.00. The second kappa shape index (κ2) is 6.18. The number of nitrogens with one attached hydrogen (secondary N) is 1. The van der Waals surface area contributed by atoms with E-state index in [2.05, 4.69) is 45.1 Å². The van der Waals surface area contributed by atoms with Crippen LogP contribution >= 0.6 is 0 Å². The van der Waals surface area contributed by atoms with Crippen molar-refractivity contribution in [1.82, 2.24) is 5.32 Å². The summed E-state index contributed by atoms with van der Waals surface area (Å²) in [5.41, 5.74) is 4.69. The minimum absolute atomic E-state index is 0.0926. The molecule has 0 aliphatic heterocycles. The SMILES string of the molecule is CCCNC(C)C(O)c1c(C)cc(C)cc1C. The van der Waals surface area contributed by atoms with Crippen molar-refractivity contribution in [3.8, 4) is 0 Å². The first-order valence-corrected chi connectivity index (χ1v) is 6.46. The molecule has 1 aromatic carbocycles. The zero-order chi connectivity index (χ0) is 13.0. The van der Waals surface area contributed by atoms with E-state index in [0.717, 1.165) is 18.5 Å². The molecule has 17 heavy (non-hydrogen) atoms. The van der Waals surface area contributed by atoms with Gasteiger partial charge in [0.15, 0.2) is 0 Å². The quantitative estimate of drug-likeness (QED) is 0.822. The highest BCUT2D eigenvalue weighted by Crippen LogP contribution is 2.25. The maximum atomic E-state index is 10.4. The third-order valence-corrected chi connectivity index (χ3v) is 3.22. The summed E-state index contributed by atoms with van der Waals surface area (Å²) in [6.45, 7) is 11.4. The molecule has 0 radical (unpaired) electrons. The second-order valence-electron chi connectivity index (χ2n) is 5.00. The predicted molar refractivity (Wildman–Crippen MR) is 73.4 cm³/mol.